The molecular formula is C59H44N6O2S. The molecule has 8 nitrogen and oxygen atoms in total. The van der Waals surface area contributed by atoms with Crippen molar-refractivity contribution in [3.05, 3.63) is 186 Å². The quantitative estimate of drug-likeness (QED) is 0.170. The lowest BCUT2D eigenvalue weighted by Crippen LogP contribution is -2.10. The molecule has 0 aliphatic heterocycles. The normalized spacial score (nSPS) is 12.3. The van der Waals surface area contributed by atoms with Crippen LogP contribution in [0.1, 0.15) is 69.4 Å². The fourth-order valence-corrected chi connectivity index (χ4v) is 11.7. The number of nitriles is 3. The molecule has 8 aromatic carbocycles. The van der Waals surface area contributed by atoms with Crippen LogP contribution in [0.3, 0.4) is 0 Å². The van der Waals surface area contributed by atoms with Gasteiger partial charge in [-0.05, 0) is 101 Å². The number of aromatic nitrogens is 3. The Morgan fingerprint density at radius 3 is 1.06 bits per heavy atom. The van der Waals surface area contributed by atoms with Gasteiger partial charge in [-0.3, -0.25) is 0 Å². The van der Waals surface area contributed by atoms with Gasteiger partial charge in [-0.25, -0.2) is 8.42 Å². The van der Waals surface area contributed by atoms with E-state index in [4.69, 9.17) is 0 Å². The summed E-state index contributed by atoms with van der Waals surface area (Å²) in [6, 6.07) is 58.3. The zero-order valence-electron chi connectivity index (χ0n) is 38.4. The minimum Gasteiger partial charge on any atom is -0.308 e. The topological polar surface area (TPSA) is 120 Å². The molecule has 3 heterocycles. The minimum absolute atomic E-state index is 0.0309. The van der Waals surface area contributed by atoms with Crippen LogP contribution in [-0.2, 0) is 20.7 Å². The molecule has 0 fully saturated rings. The third-order valence-corrected chi connectivity index (χ3v) is 15.3. The molecule has 11 aromatic rings. The lowest BCUT2D eigenvalue weighted by atomic mass is 9.87. The van der Waals surface area contributed by atoms with Gasteiger partial charge in [0.1, 0.15) is 17.0 Å². The highest BCUT2D eigenvalue weighted by molar-refractivity contribution is 7.91. The maximum absolute atomic E-state index is 14.4. The SMILES string of the molecule is CC(C)(C)c1ccc(-n2c3ccccc3c3c2c2c4ccccc4n(-c4ccc(S(=O)(=O)c5c(C#N)cc(C#N)cc5C#N)cc4)c2c2c4ccccc4n(-c4ccc(C(C)(C)C)cc4)c32)cc1. The van der Waals surface area contributed by atoms with Crippen LogP contribution in [0.15, 0.2) is 168 Å². The fourth-order valence-electron chi connectivity index (χ4n) is 10.2. The van der Waals surface area contributed by atoms with E-state index in [1.807, 2.05) is 24.3 Å². The Kier molecular flexibility index (Phi) is 9.35. The largest absolute Gasteiger partial charge is 0.308 e. The van der Waals surface area contributed by atoms with E-state index in [1.54, 1.807) is 12.1 Å². The Morgan fingerprint density at radius 2 is 0.750 bits per heavy atom. The van der Waals surface area contributed by atoms with Gasteiger partial charge in [0.2, 0.25) is 9.84 Å². The molecular weight excluding hydrogens is 857 g/mol. The predicted molar refractivity (Wildman–Crippen MR) is 273 cm³/mol. The maximum Gasteiger partial charge on any atom is 0.209 e. The first-order chi connectivity index (χ1) is 32.6. The molecule has 0 saturated heterocycles. The first kappa shape index (κ1) is 42.2. The van der Waals surface area contributed by atoms with Crippen molar-refractivity contribution in [1.82, 2.24) is 13.7 Å². The summed E-state index contributed by atoms with van der Waals surface area (Å²) in [6.45, 7) is 13.4. The van der Waals surface area contributed by atoms with Crippen LogP contribution in [0.5, 0.6) is 0 Å². The number of fused-ring (bicyclic) bond motifs is 12. The molecule has 11 rings (SSSR count). The highest BCUT2D eigenvalue weighted by atomic mass is 32.2. The van der Waals surface area contributed by atoms with Gasteiger partial charge >= 0.3 is 0 Å². The lowest BCUT2D eigenvalue weighted by Gasteiger charge is -2.20. The average Bonchev–Trinajstić information content (AvgIpc) is 3.99. The monoisotopic (exact) mass is 900 g/mol. The number of hydrogen-bond acceptors (Lipinski definition) is 5. The summed E-state index contributed by atoms with van der Waals surface area (Å²) in [5.74, 6) is 0. The summed E-state index contributed by atoms with van der Waals surface area (Å²) in [7, 11) is -4.39. The van der Waals surface area contributed by atoms with Gasteiger partial charge in [-0.2, -0.15) is 15.8 Å². The standard InChI is InChI=1S/C59H44N6O2S/c1-58(2,3)39-19-23-41(24-20-39)63-48-16-10-7-13-45(48)51-54-52(46-14-8-11-17-49(46)64(54)42-25-21-40(22-26-42)59(4,5)6)56-53(55(51)63)47-15-9-12-18-50(47)65(56)43-27-29-44(30-28-43)68(66,67)57-37(34-61)31-36(33-60)32-38(57)35-62/h7-32H,1-6H3. The van der Waals surface area contributed by atoms with E-state index in [0.717, 1.165) is 82.5 Å². The molecule has 0 unspecified atom stereocenters. The van der Waals surface area contributed by atoms with Gasteiger partial charge in [-0.15, -0.1) is 0 Å². The smallest absolute Gasteiger partial charge is 0.209 e. The van der Waals surface area contributed by atoms with Gasteiger partial charge in [0.25, 0.3) is 0 Å². The molecule has 0 bridgehead atoms. The second-order valence-electron chi connectivity index (χ2n) is 19.6. The van der Waals surface area contributed by atoms with Crippen molar-refractivity contribution in [2.24, 2.45) is 0 Å². The molecule has 0 spiro atoms. The number of para-hydroxylation sites is 3. The first-order valence-corrected chi connectivity index (χ1v) is 24.0. The third kappa shape index (κ3) is 6.19. The minimum atomic E-state index is -4.39. The van der Waals surface area contributed by atoms with Crippen LogP contribution in [0.4, 0.5) is 0 Å². The van der Waals surface area contributed by atoms with E-state index in [1.165, 1.54) is 35.4 Å². The summed E-state index contributed by atoms with van der Waals surface area (Å²) < 4.78 is 35.9. The summed E-state index contributed by atoms with van der Waals surface area (Å²) in [4.78, 5) is -0.497. The predicted octanol–water partition coefficient (Wildman–Crippen LogP) is 14.0. The average molecular weight is 901 g/mol. The highest BCUT2D eigenvalue weighted by Gasteiger charge is 2.31. The molecule has 328 valence electrons. The first-order valence-electron chi connectivity index (χ1n) is 22.5. The van der Waals surface area contributed by atoms with Gasteiger partial charge in [-0.1, -0.05) is 120 Å². The Morgan fingerprint density at radius 1 is 0.426 bits per heavy atom. The Balaban J connectivity index is 1.31. The number of sulfone groups is 1. The van der Waals surface area contributed by atoms with Crippen molar-refractivity contribution < 1.29 is 8.42 Å². The maximum atomic E-state index is 14.4. The van der Waals surface area contributed by atoms with E-state index < -0.39 is 14.7 Å². The van der Waals surface area contributed by atoms with Gasteiger partial charge < -0.3 is 13.7 Å². The van der Waals surface area contributed by atoms with Crippen molar-refractivity contribution in [2.45, 2.75) is 62.2 Å². The molecule has 0 radical (unpaired) electrons. The van der Waals surface area contributed by atoms with Crippen LogP contribution in [0, 0.1) is 34.0 Å². The summed E-state index contributed by atoms with van der Waals surface area (Å²) >= 11 is 0. The second-order valence-corrected chi connectivity index (χ2v) is 21.4. The molecule has 3 aromatic heterocycles. The molecule has 0 aliphatic carbocycles. The van der Waals surface area contributed by atoms with Crippen LogP contribution in [0.2, 0.25) is 0 Å². The molecule has 0 atom stereocenters. The van der Waals surface area contributed by atoms with Crippen molar-refractivity contribution in [1.29, 1.82) is 15.8 Å². The van der Waals surface area contributed by atoms with Crippen LogP contribution >= 0.6 is 0 Å². The van der Waals surface area contributed by atoms with Crippen molar-refractivity contribution in [2.75, 3.05) is 0 Å². The van der Waals surface area contributed by atoms with Gasteiger partial charge in [0.15, 0.2) is 0 Å². The molecule has 0 N–H and O–H groups in total. The highest BCUT2D eigenvalue weighted by Crippen LogP contribution is 2.50. The zero-order chi connectivity index (χ0) is 47.4. The van der Waals surface area contributed by atoms with Crippen LogP contribution in [0.25, 0.3) is 82.5 Å². The molecule has 9 heteroatoms. The Bertz CT molecular complexity index is 4050. The fraction of sp³-hybridized carbons (Fsp3) is 0.136. The number of rotatable bonds is 5. The van der Waals surface area contributed by atoms with Gasteiger partial charge in [0.05, 0.1) is 60.8 Å². The van der Waals surface area contributed by atoms with E-state index >= 15 is 0 Å². The number of nitrogens with zero attached hydrogens (tertiary/aromatic N) is 6. The van der Waals surface area contributed by atoms with Crippen LogP contribution < -0.4 is 0 Å². The van der Waals surface area contributed by atoms with Crippen molar-refractivity contribution in [3.8, 4) is 35.3 Å². The lowest BCUT2D eigenvalue weighted by molar-refractivity contribution is 0.590. The number of benzene rings is 8. The molecule has 0 saturated carbocycles. The summed E-state index contributed by atoms with van der Waals surface area (Å²) in [5.41, 5.74) is 10.8. The molecule has 0 aliphatic rings. The molecule has 68 heavy (non-hydrogen) atoms. The molecule has 0 amide bonds. The summed E-state index contributed by atoms with van der Waals surface area (Å²) in [5, 5.41) is 36.1. The van der Waals surface area contributed by atoms with Crippen molar-refractivity contribution in [3.63, 3.8) is 0 Å². The zero-order valence-corrected chi connectivity index (χ0v) is 39.2. The third-order valence-electron chi connectivity index (χ3n) is 13.5. The van der Waals surface area contributed by atoms with E-state index in [-0.39, 0.29) is 32.4 Å². The van der Waals surface area contributed by atoms with Crippen molar-refractivity contribution >= 4 is 75.3 Å². The van der Waals surface area contributed by atoms with E-state index in [0.29, 0.717) is 0 Å². The Labute approximate surface area is 394 Å². The second kappa shape index (κ2) is 15.1. The Hall–Kier alpha value is -8.42. The van der Waals surface area contributed by atoms with E-state index in [2.05, 4.69) is 171 Å². The van der Waals surface area contributed by atoms with E-state index in [9.17, 15) is 24.2 Å². The summed E-state index contributed by atoms with van der Waals surface area (Å²) in [6.07, 6.45) is 0. The number of hydrogen-bond donors (Lipinski definition) is 0. The van der Waals surface area contributed by atoms with Crippen LogP contribution in [-0.4, -0.2) is 22.1 Å². The van der Waals surface area contributed by atoms with Gasteiger partial charge in [0, 0.05) is 49.4 Å².